The van der Waals surface area contributed by atoms with Crippen LogP contribution in [0.3, 0.4) is 0 Å². The van der Waals surface area contributed by atoms with Crippen molar-refractivity contribution in [2.75, 3.05) is 26.3 Å². The third-order valence-electron chi connectivity index (χ3n) is 5.55. The van der Waals surface area contributed by atoms with Crippen molar-refractivity contribution in [3.8, 4) is 11.4 Å². The number of imidazole rings is 1. The zero-order valence-electron chi connectivity index (χ0n) is 14.6. The average Bonchev–Trinajstić information content (AvgIpc) is 3.23. The SMILES string of the molecule is Cc1[nH]c(-c2ccccc2)nc1C(=O)N1C[C@@H]2COCC[C@]2(C(=O)O)C1. The first-order chi connectivity index (χ1) is 12.5. The van der Waals surface area contributed by atoms with Crippen molar-refractivity contribution < 1.29 is 19.4 Å². The lowest BCUT2D eigenvalue weighted by Crippen LogP contribution is -2.45. The molecule has 0 saturated carbocycles. The van der Waals surface area contributed by atoms with Gasteiger partial charge in [0, 0.05) is 36.9 Å². The number of carboxylic acids is 1. The summed E-state index contributed by atoms with van der Waals surface area (Å²) in [6.07, 6.45) is 0.436. The molecular formula is C19H21N3O4. The lowest BCUT2D eigenvalue weighted by Gasteiger charge is -2.33. The summed E-state index contributed by atoms with van der Waals surface area (Å²) in [4.78, 5) is 34.2. The summed E-state index contributed by atoms with van der Waals surface area (Å²) < 4.78 is 5.45. The summed E-state index contributed by atoms with van der Waals surface area (Å²) in [6.45, 7) is 3.21. The van der Waals surface area contributed by atoms with E-state index in [1.807, 2.05) is 37.3 Å². The number of carboxylic acid groups (broad SMARTS) is 1. The quantitative estimate of drug-likeness (QED) is 0.877. The normalized spacial score (nSPS) is 25.1. The predicted octanol–water partition coefficient (Wildman–Crippen LogP) is 1.95. The molecule has 3 heterocycles. The fraction of sp³-hybridized carbons (Fsp3) is 0.421. The number of amides is 1. The number of aryl methyl sites for hydroxylation is 1. The molecule has 0 bridgehead atoms. The van der Waals surface area contributed by atoms with Gasteiger partial charge in [0.05, 0.1) is 12.0 Å². The first-order valence-electron chi connectivity index (χ1n) is 8.74. The molecule has 2 aliphatic heterocycles. The number of carbonyl (C=O) groups is 2. The van der Waals surface area contributed by atoms with E-state index < -0.39 is 11.4 Å². The average molecular weight is 355 g/mol. The summed E-state index contributed by atoms with van der Waals surface area (Å²) >= 11 is 0. The summed E-state index contributed by atoms with van der Waals surface area (Å²) in [7, 11) is 0. The highest BCUT2D eigenvalue weighted by Gasteiger charge is 2.55. The second-order valence-electron chi connectivity index (χ2n) is 7.09. The first kappa shape index (κ1) is 16.8. The monoisotopic (exact) mass is 355 g/mol. The third-order valence-corrected chi connectivity index (χ3v) is 5.55. The Balaban J connectivity index is 1.61. The molecule has 2 fully saturated rings. The fourth-order valence-corrected chi connectivity index (χ4v) is 4.01. The van der Waals surface area contributed by atoms with Crippen molar-refractivity contribution in [1.29, 1.82) is 0 Å². The van der Waals surface area contributed by atoms with Crippen molar-refractivity contribution in [1.82, 2.24) is 14.9 Å². The van der Waals surface area contributed by atoms with Gasteiger partial charge in [-0.3, -0.25) is 9.59 Å². The van der Waals surface area contributed by atoms with Gasteiger partial charge in [-0.25, -0.2) is 4.98 Å². The number of ether oxygens (including phenoxy) is 1. The third kappa shape index (κ3) is 2.59. The molecule has 136 valence electrons. The van der Waals surface area contributed by atoms with Gasteiger partial charge < -0.3 is 19.7 Å². The minimum atomic E-state index is -0.902. The summed E-state index contributed by atoms with van der Waals surface area (Å²) in [5.41, 5.74) is 1.04. The number of benzene rings is 1. The molecule has 7 heteroatoms. The van der Waals surface area contributed by atoms with Crippen molar-refractivity contribution in [3.05, 3.63) is 41.7 Å². The van der Waals surface area contributed by atoms with Gasteiger partial charge in [-0.2, -0.15) is 0 Å². The Morgan fingerprint density at radius 2 is 2.12 bits per heavy atom. The minimum absolute atomic E-state index is 0.175. The van der Waals surface area contributed by atoms with Crippen molar-refractivity contribution in [2.24, 2.45) is 11.3 Å². The smallest absolute Gasteiger partial charge is 0.311 e. The van der Waals surface area contributed by atoms with E-state index in [-0.39, 0.29) is 18.4 Å². The Bertz CT molecular complexity index is 848. The predicted molar refractivity (Wildman–Crippen MR) is 93.7 cm³/mol. The Morgan fingerprint density at radius 1 is 1.35 bits per heavy atom. The van der Waals surface area contributed by atoms with E-state index in [9.17, 15) is 14.7 Å². The van der Waals surface area contributed by atoms with Crippen LogP contribution in [0.25, 0.3) is 11.4 Å². The van der Waals surface area contributed by atoms with E-state index in [1.54, 1.807) is 4.90 Å². The zero-order valence-corrected chi connectivity index (χ0v) is 14.6. The van der Waals surface area contributed by atoms with Crippen LogP contribution < -0.4 is 0 Å². The number of aliphatic carboxylic acids is 1. The van der Waals surface area contributed by atoms with E-state index in [0.29, 0.717) is 43.4 Å². The standard InChI is InChI=1S/C19H21N3O4/c1-12-15(21-16(20-12)13-5-3-2-4-6-13)17(23)22-9-14-10-26-8-7-19(14,11-22)18(24)25/h2-6,14H,7-11H2,1H3,(H,20,21)(H,24,25)/t14-,19+/m1/s1. The molecule has 4 rings (SSSR count). The summed E-state index contributed by atoms with van der Waals surface area (Å²) in [5, 5.41) is 9.76. The highest BCUT2D eigenvalue weighted by molar-refractivity contribution is 5.95. The fourth-order valence-electron chi connectivity index (χ4n) is 4.01. The Kier molecular flexibility index (Phi) is 4.03. The number of fused-ring (bicyclic) bond motifs is 1. The number of likely N-dealkylation sites (tertiary alicyclic amines) is 1. The van der Waals surface area contributed by atoms with Crippen LogP contribution >= 0.6 is 0 Å². The van der Waals surface area contributed by atoms with Gasteiger partial charge in [-0.1, -0.05) is 30.3 Å². The van der Waals surface area contributed by atoms with Crippen LogP contribution in [0.4, 0.5) is 0 Å². The van der Waals surface area contributed by atoms with Crippen LogP contribution in [0.5, 0.6) is 0 Å². The molecule has 26 heavy (non-hydrogen) atoms. The molecule has 0 aliphatic carbocycles. The lowest BCUT2D eigenvalue weighted by molar-refractivity contribution is -0.157. The molecule has 2 atom stereocenters. The van der Waals surface area contributed by atoms with Gasteiger partial charge in [0.25, 0.3) is 5.91 Å². The Hall–Kier alpha value is -2.67. The molecule has 1 amide bonds. The van der Waals surface area contributed by atoms with E-state index in [0.717, 1.165) is 5.56 Å². The number of aromatic amines is 1. The van der Waals surface area contributed by atoms with E-state index in [2.05, 4.69) is 9.97 Å². The van der Waals surface area contributed by atoms with E-state index in [1.165, 1.54) is 0 Å². The maximum atomic E-state index is 13.0. The molecule has 0 unspecified atom stereocenters. The molecule has 2 N–H and O–H groups in total. The largest absolute Gasteiger partial charge is 0.481 e. The van der Waals surface area contributed by atoms with Crippen LogP contribution in [0.2, 0.25) is 0 Å². The number of nitrogens with zero attached hydrogens (tertiary/aromatic N) is 2. The molecule has 2 saturated heterocycles. The van der Waals surface area contributed by atoms with Gasteiger partial charge in [-0.15, -0.1) is 0 Å². The topological polar surface area (TPSA) is 95.5 Å². The summed E-state index contributed by atoms with van der Waals surface area (Å²) in [5.74, 6) is -0.606. The number of H-pyrrole nitrogens is 1. The van der Waals surface area contributed by atoms with Crippen molar-refractivity contribution >= 4 is 11.9 Å². The van der Waals surface area contributed by atoms with E-state index in [4.69, 9.17) is 4.74 Å². The number of aromatic nitrogens is 2. The molecule has 2 aromatic rings. The van der Waals surface area contributed by atoms with Crippen LogP contribution in [0.1, 0.15) is 22.6 Å². The highest BCUT2D eigenvalue weighted by Crippen LogP contribution is 2.42. The van der Waals surface area contributed by atoms with Gasteiger partial charge in [-0.05, 0) is 13.3 Å². The molecule has 0 spiro atoms. The number of rotatable bonds is 3. The van der Waals surface area contributed by atoms with Crippen molar-refractivity contribution in [2.45, 2.75) is 13.3 Å². The van der Waals surface area contributed by atoms with Crippen LogP contribution in [-0.2, 0) is 9.53 Å². The van der Waals surface area contributed by atoms with Crippen LogP contribution in [-0.4, -0.2) is 58.2 Å². The number of hydrogen-bond acceptors (Lipinski definition) is 4. The highest BCUT2D eigenvalue weighted by atomic mass is 16.5. The summed E-state index contributed by atoms with van der Waals surface area (Å²) in [6, 6.07) is 9.60. The number of carbonyl (C=O) groups excluding carboxylic acids is 1. The van der Waals surface area contributed by atoms with Gasteiger partial charge in [0.15, 0.2) is 0 Å². The maximum Gasteiger partial charge on any atom is 0.311 e. The van der Waals surface area contributed by atoms with Gasteiger partial charge >= 0.3 is 5.97 Å². The molecule has 1 aromatic carbocycles. The lowest BCUT2D eigenvalue weighted by atomic mass is 9.74. The molecule has 1 aromatic heterocycles. The van der Waals surface area contributed by atoms with Crippen LogP contribution in [0.15, 0.2) is 30.3 Å². The van der Waals surface area contributed by atoms with E-state index >= 15 is 0 Å². The Labute approximate surface area is 151 Å². The van der Waals surface area contributed by atoms with Gasteiger partial charge in [0.2, 0.25) is 0 Å². The molecule has 0 radical (unpaired) electrons. The molecule has 2 aliphatic rings. The zero-order chi connectivity index (χ0) is 18.3. The Morgan fingerprint density at radius 3 is 2.81 bits per heavy atom. The second-order valence-corrected chi connectivity index (χ2v) is 7.09. The first-order valence-corrected chi connectivity index (χ1v) is 8.74. The van der Waals surface area contributed by atoms with Crippen molar-refractivity contribution in [3.63, 3.8) is 0 Å². The number of nitrogens with one attached hydrogen (secondary N) is 1. The molecule has 7 nitrogen and oxygen atoms in total. The number of hydrogen-bond donors (Lipinski definition) is 2. The second kappa shape index (κ2) is 6.25. The van der Waals surface area contributed by atoms with Gasteiger partial charge in [0.1, 0.15) is 11.5 Å². The van der Waals surface area contributed by atoms with Crippen LogP contribution in [0, 0.1) is 18.3 Å². The minimum Gasteiger partial charge on any atom is -0.481 e. The maximum absolute atomic E-state index is 13.0. The molecular weight excluding hydrogens is 334 g/mol.